The van der Waals surface area contributed by atoms with E-state index in [0.717, 1.165) is 44.7 Å². The molecule has 0 radical (unpaired) electrons. The Balaban J connectivity index is 1.52. The first-order chi connectivity index (χ1) is 13.6. The molecule has 150 valence electrons. The minimum atomic E-state index is -0.384. The highest BCUT2D eigenvalue weighted by Gasteiger charge is 2.09. The quantitative estimate of drug-likeness (QED) is 0.399. The Labute approximate surface area is 173 Å². The van der Waals surface area contributed by atoms with Gasteiger partial charge < -0.3 is 14.8 Å². The summed E-state index contributed by atoms with van der Waals surface area (Å²) in [4.78, 5) is 0. The number of thiophene rings is 1. The summed E-state index contributed by atoms with van der Waals surface area (Å²) in [5.74, 6) is 7.02. The van der Waals surface area contributed by atoms with Gasteiger partial charge in [-0.15, -0.1) is 0 Å². The van der Waals surface area contributed by atoms with Crippen molar-refractivity contribution in [3.63, 3.8) is 0 Å². The molecule has 0 spiro atoms. The van der Waals surface area contributed by atoms with Gasteiger partial charge in [-0.2, -0.15) is 11.3 Å². The van der Waals surface area contributed by atoms with Crippen LogP contribution in [0.2, 0.25) is 0 Å². The second-order valence-electron chi connectivity index (χ2n) is 7.04. The van der Waals surface area contributed by atoms with Crippen molar-refractivity contribution in [2.45, 2.75) is 38.7 Å². The molecule has 0 saturated carbocycles. The van der Waals surface area contributed by atoms with Gasteiger partial charge in [-0.3, -0.25) is 0 Å². The van der Waals surface area contributed by atoms with Crippen LogP contribution in [0.3, 0.4) is 0 Å². The Morgan fingerprint density at radius 2 is 2.04 bits per heavy atom. The number of nitrogens with one attached hydrogen (secondary N) is 1. The zero-order valence-corrected chi connectivity index (χ0v) is 18.0. The fourth-order valence-corrected chi connectivity index (χ4v) is 3.15. The third kappa shape index (κ3) is 8.75. The van der Waals surface area contributed by atoms with E-state index in [1.165, 1.54) is 11.1 Å². The summed E-state index contributed by atoms with van der Waals surface area (Å²) in [6, 6.07) is 10.5. The predicted molar refractivity (Wildman–Crippen MR) is 120 cm³/mol. The Bertz CT molecular complexity index is 769. The van der Waals surface area contributed by atoms with Crippen molar-refractivity contribution in [1.82, 2.24) is 5.32 Å². The largest absolute Gasteiger partial charge is 0.494 e. The highest BCUT2D eigenvalue weighted by molar-refractivity contribution is 7.08. The maximum atomic E-state index is 5.90. The smallest absolute Gasteiger partial charge is 0.123 e. The summed E-state index contributed by atoms with van der Waals surface area (Å²) in [5.41, 5.74) is 2.08. The highest BCUT2D eigenvalue weighted by Crippen LogP contribution is 2.25. The van der Waals surface area contributed by atoms with Crippen LogP contribution in [0.4, 0.5) is 0 Å². The van der Waals surface area contributed by atoms with Crippen LogP contribution < -0.4 is 10.1 Å². The average molecular weight is 398 g/mol. The number of benzene rings is 1. The molecule has 0 aliphatic carbocycles. The van der Waals surface area contributed by atoms with Crippen LogP contribution >= 0.6 is 11.3 Å². The monoisotopic (exact) mass is 397 g/mol. The number of rotatable bonds is 11. The first kappa shape index (κ1) is 22.2. The number of methoxy groups -OCH3 is 1. The SMILES string of the molecule is COC(C)(C)C#CC=CCNCCCCCOc1cccc(-c2ccsc2)c1. The Morgan fingerprint density at radius 3 is 2.82 bits per heavy atom. The molecule has 1 heterocycles. The Kier molecular flexibility index (Phi) is 9.85. The van der Waals surface area contributed by atoms with Gasteiger partial charge in [-0.25, -0.2) is 0 Å². The van der Waals surface area contributed by atoms with Crippen molar-refractivity contribution in [3.8, 4) is 28.7 Å². The lowest BCUT2D eigenvalue weighted by Crippen LogP contribution is -2.19. The number of unbranched alkanes of at least 4 members (excludes halogenated alkanes) is 2. The summed E-state index contributed by atoms with van der Waals surface area (Å²) in [6.45, 7) is 6.52. The maximum Gasteiger partial charge on any atom is 0.123 e. The van der Waals surface area contributed by atoms with E-state index in [2.05, 4.69) is 52.2 Å². The molecule has 3 nitrogen and oxygen atoms in total. The van der Waals surface area contributed by atoms with E-state index in [0.29, 0.717) is 0 Å². The molecule has 0 aliphatic rings. The molecule has 0 bridgehead atoms. The van der Waals surface area contributed by atoms with Crippen LogP contribution in [-0.4, -0.2) is 32.4 Å². The number of hydrogen-bond acceptors (Lipinski definition) is 4. The molecule has 0 unspecified atom stereocenters. The van der Waals surface area contributed by atoms with Crippen molar-refractivity contribution in [3.05, 3.63) is 53.2 Å². The summed E-state index contributed by atoms with van der Waals surface area (Å²) in [6.07, 6.45) is 7.29. The van der Waals surface area contributed by atoms with E-state index < -0.39 is 0 Å². The molecule has 1 N–H and O–H groups in total. The normalized spacial score (nSPS) is 11.4. The number of ether oxygens (including phenoxy) is 2. The molecule has 28 heavy (non-hydrogen) atoms. The summed E-state index contributed by atoms with van der Waals surface area (Å²) < 4.78 is 11.1. The maximum absolute atomic E-state index is 5.90. The fourth-order valence-electron chi connectivity index (χ4n) is 2.48. The molecule has 0 fully saturated rings. The van der Waals surface area contributed by atoms with Crippen LogP contribution in [0.1, 0.15) is 33.1 Å². The molecule has 0 atom stereocenters. The first-order valence-corrected chi connectivity index (χ1v) is 10.7. The van der Waals surface area contributed by atoms with Crippen LogP contribution in [0.25, 0.3) is 11.1 Å². The molecule has 2 rings (SSSR count). The van der Waals surface area contributed by atoms with Crippen molar-refractivity contribution in [1.29, 1.82) is 0 Å². The van der Waals surface area contributed by atoms with Gasteiger partial charge in [-0.1, -0.05) is 30.0 Å². The summed E-state index contributed by atoms with van der Waals surface area (Å²) in [5, 5.41) is 7.66. The third-order valence-corrected chi connectivity index (χ3v) is 4.99. The van der Waals surface area contributed by atoms with E-state index in [1.807, 2.05) is 32.1 Å². The van der Waals surface area contributed by atoms with Gasteiger partial charge in [0.1, 0.15) is 11.4 Å². The van der Waals surface area contributed by atoms with Crippen LogP contribution in [0.5, 0.6) is 5.75 Å². The molecule has 4 heteroatoms. The van der Waals surface area contributed by atoms with Gasteiger partial charge in [-0.05, 0) is 85.8 Å². The minimum Gasteiger partial charge on any atom is -0.494 e. The van der Waals surface area contributed by atoms with Crippen molar-refractivity contribution >= 4 is 11.3 Å². The van der Waals surface area contributed by atoms with Crippen LogP contribution in [0, 0.1) is 11.8 Å². The lowest BCUT2D eigenvalue weighted by atomic mass is 10.1. The van der Waals surface area contributed by atoms with Crippen molar-refractivity contribution in [2.24, 2.45) is 0 Å². The van der Waals surface area contributed by atoms with E-state index in [4.69, 9.17) is 9.47 Å². The first-order valence-electron chi connectivity index (χ1n) is 9.80. The van der Waals surface area contributed by atoms with Crippen molar-refractivity contribution < 1.29 is 9.47 Å². The van der Waals surface area contributed by atoms with Crippen molar-refractivity contribution in [2.75, 3.05) is 26.8 Å². The molecule has 1 aromatic heterocycles. The topological polar surface area (TPSA) is 30.5 Å². The molecule has 1 aromatic carbocycles. The van der Waals surface area contributed by atoms with E-state index in [1.54, 1.807) is 18.4 Å². The molecule has 0 aliphatic heterocycles. The van der Waals surface area contributed by atoms with E-state index in [-0.39, 0.29) is 5.60 Å². The third-order valence-electron chi connectivity index (χ3n) is 4.30. The zero-order chi connectivity index (χ0) is 20.1. The molecular formula is C24H31NO2S. The Hall–Kier alpha value is -2.06. The summed E-state index contributed by atoms with van der Waals surface area (Å²) >= 11 is 1.72. The molecule has 2 aromatic rings. The minimum absolute atomic E-state index is 0.384. The predicted octanol–water partition coefficient (Wildman–Crippen LogP) is 5.54. The van der Waals surface area contributed by atoms with E-state index in [9.17, 15) is 0 Å². The van der Waals surface area contributed by atoms with Gasteiger partial charge in [0.05, 0.1) is 6.61 Å². The lowest BCUT2D eigenvalue weighted by molar-refractivity contribution is 0.0742. The van der Waals surface area contributed by atoms with Gasteiger partial charge in [0, 0.05) is 13.7 Å². The molecule has 0 saturated heterocycles. The molecular weight excluding hydrogens is 366 g/mol. The van der Waals surface area contributed by atoms with Gasteiger partial charge in [0.15, 0.2) is 0 Å². The molecule has 0 amide bonds. The highest BCUT2D eigenvalue weighted by atomic mass is 32.1. The van der Waals surface area contributed by atoms with Gasteiger partial charge >= 0.3 is 0 Å². The van der Waals surface area contributed by atoms with Crippen LogP contribution in [0.15, 0.2) is 53.2 Å². The average Bonchev–Trinajstić information content (AvgIpc) is 3.24. The fraction of sp³-hybridized carbons (Fsp3) is 0.417. The zero-order valence-electron chi connectivity index (χ0n) is 17.2. The van der Waals surface area contributed by atoms with E-state index >= 15 is 0 Å². The van der Waals surface area contributed by atoms with Gasteiger partial charge in [0.25, 0.3) is 0 Å². The van der Waals surface area contributed by atoms with Crippen LogP contribution in [-0.2, 0) is 4.74 Å². The summed E-state index contributed by atoms with van der Waals surface area (Å²) in [7, 11) is 1.67. The second-order valence-corrected chi connectivity index (χ2v) is 7.82. The van der Waals surface area contributed by atoms with Gasteiger partial charge in [0.2, 0.25) is 0 Å². The number of allylic oxidation sites excluding steroid dienone is 1. The number of hydrogen-bond donors (Lipinski definition) is 1. The second kappa shape index (κ2) is 12.4. The lowest BCUT2D eigenvalue weighted by Gasteiger charge is -2.13. The standard InChI is InChI=1S/C24H31NO2S/c1-24(2,26-3)14-6-4-7-15-25-16-8-5-9-17-27-23-12-10-11-21(19-23)22-13-18-28-20-22/h4,7,10-13,18-20,25H,5,8-9,15-17H2,1-3H3. The Morgan fingerprint density at radius 1 is 1.14 bits per heavy atom.